The number of alkyl halides is 3. The van der Waals surface area contributed by atoms with Gasteiger partial charge in [-0.3, -0.25) is 0 Å². The van der Waals surface area contributed by atoms with Gasteiger partial charge in [0.15, 0.2) is 11.7 Å². The fraction of sp³-hybridized carbons (Fsp3) is 0.152. The van der Waals surface area contributed by atoms with Gasteiger partial charge in [-0.2, -0.15) is 13.2 Å². The first-order valence-electron chi connectivity index (χ1n) is 13.0. The lowest BCUT2D eigenvalue weighted by Crippen LogP contribution is -2.11. The average Bonchev–Trinajstić information content (AvgIpc) is 2.95. The number of hydrogen-bond donors (Lipinski definition) is 0. The Morgan fingerprint density at radius 2 is 1.33 bits per heavy atom. The van der Waals surface area contributed by atoms with Crippen molar-refractivity contribution in [1.82, 2.24) is 0 Å². The molecule has 0 aliphatic heterocycles. The molecule has 1 nitrogen and oxygen atoms in total. The molecule has 0 atom stereocenters. The summed E-state index contributed by atoms with van der Waals surface area (Å²) in [5.74, 6) is -7.88. The molecule has 4 aromatic carbocycles. The number of hydrogen-bond acceptors (Lipinski definition) is 1. The maximum atomic E-state index is 15.1. The Labute approximate surface area is 241 Å². The van der Waals surface area contributed by atoms with E-state index in [0.717, 1.165) is 18.6 Å². The summed E-state index contributed by atoms with van der Waals surface area (Å²) in [4.78, 5) is 0. The average molecular weight is 607 g/mol. The SMILES string of the molecule is CCC/C=C/C(F)=C(\F)c1ccc(-c2ccc(-c3ccc(COc4cc(F)c(C(F)(F)F)c(F)c4)c(F)c3)c(F)c2)cc1. The minimum Gasteiger partial charge on any atom is -0.489 e. The van der Waals surface area contributed by atoms with E-state index in [4.69, 9.17) is 4.74 Å². The summed E-state index contributed by atoms with van der Waals surface area (Å²) < 4.78 is 129. The van der Waals surface area contributed by atoms with Gasteiger partial charge in [-0.05, 0) is 41.3 Å². The van der Waals surface area contributed by atoms with Gasteiger partial charge in [-0.25, -0.2) is 26.3 Å². The summed E-state index contributed by atoms with van der Waals surface area (Å²) in [6, 6.07) is 14.3. The maximum Gasteiger partial charge on any atom is 0.422 e. The molecule has 0 fully saturated rings. The van der Waals surface area contributed by atoms with Crippen LogP contribution in [0, 0.1) is 23.3 Å². The molecule has 0 amide bonds. The highest BCUT2D eigenvalue weighted by molar-refractivity contribution is 5.73. The highest BCUT2D eigenvalue weighted by Gasteiger charge is 2.38. The molecule has 0 aromatic heterocycles. The largest absolute Gasteiger partial charge is 0.489 e. The monoisotopic (exact) mass is 606 g/mol. The highest BCUT2D eigenvalue weighted by atomic mass is 19.4. The number of allylic oxidation sites excluding steroid dienone is 3. The third-order valence-electron chi connectivity index (χ3n) is 6.43. The quantitative estimate of drug-likeness (QED) is 0.136. The lowest BCUT2D eigenvalue weighted by atomic mass is 9.98. The number of unbranched alkanes of at least 4 members (excludes halogenated alkanes) is 1. The lowest BCUT2D eigenvalue weighted by Gasteiger charge is -2.13. The van der Waals surface area contributed by atoms with Gasteiger partial charge in [0, 0.05) is 28.8 Å². The van der Waals surface area contributed by atoms with Gasteiger partial charge in [-0.1, -0.05) is 68.0 Å². The first-order chi connectivity index (χ1) is 20.4. The molecule has 4 aromatic rings. The molecule has 0 radical (unpaired) electrons. The standard InChI is InChI=1S/C33H23F9O/c1-2-3-4-5-26(34)32(39)20-8-6-19(7-9-20)21-12-13-25(28(36)14-21)22-10-11-23(27(35)15-22)18-43-24-16-29(37)31(30(38)17-24)33(40,41)42/h4-17H,2-3,18H2,1H3/b5-4+,32-26+. The van der Waals surface area contributed by atoms with E-state index in [1.807, 2.05) is 6.92 Å². The van der Waals surface area contributed by atoms with Crippen LogP contribution < -0.4 is 4.74 Å². The second kappa shape index (κ2) is 13.2. The maximum absolute atomic E-state index is 15.1. The molecule has 0 aliphatic rings. The zero-order valence-corrected chi connectivity index (χ0v) is 22.5. The summed E-state index contributed by atoms with van der Waals surface area (Å²) in [7, 11) is 0. The number of benzene rings is 4. The minimum atomic E-state index is -5.24. The predicted molar refractivity (Wildman–Crippen MR) is 146 cm³/mol. The van der Waals surface area contributed by atoms with Gasteiger partial charge in [-0.15, -0.1) is 0 Å². The van der Waals surface area contributed by atoms with Crippen LogP contribution in [0.5, 0.6) is 5.75 Å². The normalized spacial score (nSPS) is 12.5. The molecule has 0 bridgehead atoms. The van der Waals surface area contributed by atoms with Gasteiger partial charge in [0.05, 0.1) is 0 Å². The molecule has 4 rings (SSSR count). The van der Waals surface area contributed by atoms with Crippen molar-refractivity contribution in [2.75, 3.05) is 0 Å². The van der Waals surface area contributed by atoms with Crippen LogP contribution >= 0.6 is 0 Å². The van der Waals surface area contributed by atoms with E-state index in [1.165, 1.54) is 54.6 Å². The van der Waals surface area contributed by atoms with E-state index in [0.29, 0.717) is 29.7 Å². The van der Waals surface area contributed by atoms with Crippen molar-refractivity contribution in [3.63, 3.8) is 0 Å². The fourth-order valence-electron chi connectivity index (χ4n) is 4.20. The second-order valence-electron chi connectivity index (χ2n) is 9.48. The van der Waals surface area contributed by atoms with Crippen LogP contribution in [0.3, 0.4) is 0 Å². The van der Waals surface area contributed by atoms with Crippen molar-refractivity contribution in [3.05, 3.63) is 131 Å². The number of rotatable bonds is 9. The van der Waals surface area contributed by atoms with Gasteiger partial charge >= 0.3 is 6.18 Å². The Kier molecular flexibility index (Phi) is 9.68. The third kappa shape index (κ3) is 7.49. The molecule has 0 saturated carbocycles. The zero-order chi connectivity index (χ0) is 31.3. The molecule has 10 heteroatoms. The Morgan fingerprint density at radius 3 is 1.91 bits per heavy atom. The van der Waals surface area contributed by atoms with Crippen LogP contribution in [0.25, 0.3) is 28.1 Å². The van der Waals surface area contributed by atoms with Gasteiger partial charge in [0.25, 0.3) is 0 Å². The minimum absolute atomic E-state index is 0.0210. The predicted octanol–water partition coefficient (Wildman–Crippen LogP) is 11.1. The molecular formula is C33H23F9O. The van der Waals surface area contributed by atoms with Crippen molar-refractivity contribution in [2.45, 2.75) is 32.5 Å². The Balaban J connectivity index is 1.48. The van der Waals surface area contributed by atoms with Crippen molar-refractivity contribution >= 4 is 5.83 Å². The molecule has 224 valence electrons. The highest BCUT2D eigenvalue weighted by Crippen LogP contribution is 2.36. The Hall–Kier alpha value is -4.47. The van der Waals surface area contributed by atoms with Gasteiger partial charge < -0.3 is 4.74 Å². The summed E-state index contributed by atoms with van der Waals surface area (Å²) in [5, 5.41) is 0. The molecule has 0 heterocycles. The van der Waals surface area contributed by atoms with Gasteiger partial charge in [0.2, 0.25) is 0 Å². The first kappa shape index (κ1) is 31.5. The second-order valence-corrected chi connectivity index (χ2v) is 9.48. The van der Waals surface area contributed by atoms with E-state index >= 15 is 4.39 Å². The molecule has 43 heavy (non-hydrogen) atoms. The first-order valence-corrected chi connectivity index (χ1v) is 13.0. The van der Waals surface area contributed by atoms with Crippen molar-refractivity contribution in [3.8, 4) is 28.0 Å². The van der Waals surface area contributed by atoms with E-state index in [9.17, 15) is 35.1 Å². The van der Waals surface area contributed by atoms with Crippen LogP contribution in [-0.4, -0.2) is 0 Å². The molecule has 0 N–H and O–H groups in total. The van der Waals surface area contributed by atoms with E-state index < -0.39 is 59.0 Å². The fourth-order valence-corrected chi connectivity index (χ4v) is 4.20. The van der Waals surface area contributed by atoms with Crippen LogP contribution in [0.1, 0.15) is 36.5 Å². The summed E-state index contributed by atoms with van der Waals surface area (Å²) >= 11 is 0. The lowest BCUT2D eigenvalue weighted by molar-refractivity contribution is -0.142. The van der Waals surface area contributed by atoms with Crippen LogP contribution in [0.2, 0.25) is 0 Å². The Morgan fingerprint density at radius 1 is 0.721 bits per heavy atom. The van der Waals surface area contributed by atoms with Crippen molar-refractivity contribution in [2.24, 2.45) is 0 Å². The van der Waals surface area contributed by atoms with Crippen molar-refractivity contribution < 1.29 is 44.3 Å². The molecule has 0 saturated heterocycles. The smallest absolute Gasteiger partial charge is 0.422 e. The summed E-state index contributed by atoms with van der Waals surface area (Å²) in [6.45, 7) is 1.34. The number of halogens is 9. The molecular weight excluding hydrogens is 583 g/mol. The van der Waals surface area contributed by atoms with E-state index in [1.54, 1.807) is 6.07 Å². The molecule has 0 aliphatic carbocycles. The Bertz CT molecular complexity index is 1650. The van der Waals surface area contributed by atoms with Crippen molar-refractivity contribution in [1.29, 1.82) is 0 Å². The van der Waals surface area contributed by atoms with E-state index in [2.05, 4.69) is 0 Å². The van der Waals surface area contributed by atoms with E-state index in [-0.39, 0.29) is 22.3 Å². The zero-order valence-electron chi connectivity index (χ0n) is 22.5. The topological polar surface area (TPSA) is 9.23 Å². The third-order valence-corrected chi connectivity index (χ3v) is 6.43. The molecule has 0 unspecified atom stereocenters. The summed E-state index contributed by atoms with van der Waals surface area (Å²) in [5.41, 5.74) is -0.971. The molecule has 0 spiro atoms. The van der Waals surface area contributed by atoms with Crippen LogP contribution in [-0.2, 0) is 12.8 Å². The van der Waals surface area contributed by atoms with Gasteiger partial charge in [0.1, 0.15) is 41.2 Å². The summed E-state index contributed by atoms with van der Waals surface area (Å²) in [6.07, 6.45) is -1.22. The number of ether oxygens (including phenoxy) is 1. The van der Waals surface area contributed by atoms with Crippen LogP contribution in [0.15, 0.2) is 90.8 Å². The van der Waals surface area contributed by atoms with Crippen LogP contribution in [0.4, 0.5) is 39.5 Å².